The molecule has 1 aromatic rings. The number of nitrogens with zero attached hydrogens (tertiary/aromatic N) is 5. The molecule has 0 saturated carbocycles. The number of guanidine groups is 1. The summed E-state index contributed by atoms with van der Waals surface area (Å²) in [4.78, 5) is 23.1. The summed E-state index contributed by atoms with van der Waals surface area (Å²) in [7, 11) is 1.43. The molecule has 1 aromatic heterocycles. The molecule has 0 saturated heterocycles. The highest BCUT2D eigenvalue weighted by molar-refractivity contribution is 6.33. The van der Waals surface area contributed by atoms with E-state index in [-0.39, 0.29) is 16.7 Å². The Balaban J connectivity index is 2.50. The molecule has 0 bridgehead atoms. The van der Waals surface area contributed by atoms with Crippen molar-refractivity contribution in [2.24, 2.45) is 10.3 Å². The highest BCUT2D eigenvalue weighted by Gasteiger charge is 2.26. The molecule has 18 heavy (non-hydrogen) atoms. The first kappa shape index (κ1) is 12.5. The largest absolute Gasteiger partial charge is 0.479 e. The van der Waals surface area contributed by atoms with Crippen molar-refractivity contribution in [2.75, 3.05) is 25.2 Å². The minimum absolute atomic E-state index is 0.0790. The fraction of sp³-hybridized carbons (Fsp3) is 0.444. The lowest BCUT2D eigenvalue weighted by Gasteiger charge is -2.17. The predicted molar refractivity (Wildman–Crippen MR) is 66.9 cm³/mol. The fourth-order valence-electron chi connectivity index (χ4n) is 1.54. The van der Waals surface area contributed by atoms with Gasteiger partial charge in [-0.25, -0.2) is 9.98 Å². The highest BCUT2D eigenvalue weighted by Crippen LogP contribution is 2.33. The van der Waals surface area contributed by atoms with Gasteiger partial charge in [0.2, 0.25) is 11.8 Å². The first-order valence-corrected chi connectivity index (χ1v) is 5.55. The fourth-order valence-corrected chi connectivity index (χ4v) is 1.82. The Morgan fingerprint density at radius 2 is 2.28 bits per heavy atom. The van der Waals surface area contributed by atoms with Gasteiger partial charge in [-0.05, 0) is 6.92 Å². The van der Waals surface area contributed by atoms with Crippen LogP contribution in [0.5, 0.6) is 5.88 Å². The number of nitrogens with one attached hydrogen (secondary N) is 1. The Hall–Kier alpha value is -1.96. The summed E-state index contributed by atoms with van der Waals surface area (Å²) in [6.07, 6.45) is 0. The van der Waals surface area contributed by atoms with Crippen LogP contribution in [0.25, 0.3) is 0 Å². The third-order valence-electron chi connectivity index (χ3n) is 2.27. The van der Waals surface area contributed by atoms with Crippen LogP contribution in [0.15, 0.2) is 10.3 Å². The standard InChI is InChI=1S/C9H11ClN6O2/c1-5-13-7(10)6(8(14-5)18-2)16(15-17)9-11-3-4-12-9/h3-4H2,1-2H3,(H,11,12). The van der Waals surface area contributed by atoms with Gasteiger partial charge in [0.05, 0.1) is 18.9 Å². The van der Waals surface area contributed by atoms with Gasteiger partial charge in [0, 0.05) is 6.54 Å². The normalized spacial score (nSPS) is 13.8. The number of hydrogen-bond acceptors (Lipinski definition) is 7. The van der Waals surface area contributed by atoms with Crippen molar-refractivity contribution in [3.63, 3.8) is 0 Å². The van der Waals surface area contributed by atoms with E-state index in [0.29, 0.717) is 24.9 Å². The molecule has 0 fully saturated rings. The van der Waals surface area contributed by atoms with Crippen molar-refractivity contribution in [2.45, 2.75) is 6.92 Å². The van der Waals surface area contributed by atoms with Gasteiger partial charge in [-0.2, -0.15) is 9.99 Å². The smallest absolute Gasteiger partial charge is 0.245 e. The van der Waals surface area contributed by atoms with E-state index in [9.17, 15) is 4.91 Å². The van der Waals surface area contributed by atoms with Gasteiger partial charge in [-0.15, -0.1) is 4.91 Å². The molecule has 9 heteroatoms. The minimum atomic E-state index is 0.0790. The van der Waals surface area contributed by atoms with Crippen molar-refractivity contribution in [1.82, 2.24) is 15.3 Å². The van der Waals surface area contributed by atoms with E-state index in [1.165, 1.54) is 7.11 Å². The van der Waals surface area contributed by atoms with E-state index in [2.05, 4.69) is 25.6 Å². The molecule has 96 valence electrons. The van der Waals surface area contributed by atoms with Crippen molar-refractivity contribution in [3.8, 4) is 5.88 Å². The van der Waals surface area contributed by atoms with E-state index in [1.54, 1.807) is 6.92 Å². The van der Waals surface area contributed by atoms with Gasteiger partial charge in [0.1, 0.15) is 5.82 Å². The molecular formula is C9H11ClN6O2. The average molecular weight is 271 g/mol. The second kappa shape index (κ2) is 5.13. The third kappa shape index (κ3) is 2.19. The molecule has 0 aromatic carbocycles. The van der Waals surface area contributed by atoms with Gasteiger partial charge >= 0.3 is 0 Å². The second-order valence-electron chi connectivity index (χ2n) is 3.45. The van der Waals surface area contributed by atoms with Crippen LogP contribution in [0.2, 0.25) is 5.15 Å². The molecule has 0 radical (unpaired) electrons. The molecule has 2 rings (SSSR count). The van der Waals surface area contributed by atoms with Gasteiger partial charge in [0.15, 0.2) is 10.8 Å². The number of aromatic nitrogens is 2. The first-order valence-electron chi connectivity index (χ1n) is 5.17. The lowest BCUT2D eigenvalue weighted by atomic mass is 10.4. The maximum atomic E-state index is 11.0. The number of anilines is 1. The van der Waals surface area contributed by atoms with Crippen LogP contribution in [-0.4, -0.2) is 36.1 Å². The molecule has 2 heterocycles. The van der Waals surface area contributed by atoms with Crippen LogP contribution in [0, 0.1) is 11.8 Å². The van der Waals surface area contributed by atoms with Gasteiger partial charge < -0.3 is 10.1 Å². The van der Waals surface area contributed by atoms with E-state index < -0.39 is 0 Å². The zero-order valence-corrected chi connectivity index (χ0v) is 10.6. The molecule has 8 nitrogen and oxygen atoms in total. The zero-order chi connectivity index (χ0) is 13.1. The minimum Gasteiger partial charge on any atom is -0.479 e. The predicted octanol–water partition coefficient (Wildman–Crippen LogP) is 0.894. The number of aryl methyl sites for hydroxylation is 1. The molecule has 0 amide bonds. The Labute approximate surface area is 108 Å². The lowest BCUT2D eigenvalue weighted by Crippen LogP contribution is -2.35. The summed E-state index contributed by atoms with van der Waals surface area (Å²) in [5, 5.41) is 6.87. The van der Waals surface area contributed by atoms with Crippen molar-refractivity contribution in [1.29, 1.82) is 0 Å². The monoisotopic (exact) mass is 270 g/mol. The summed E-state index contributed by atoms with van der Waals surface area (Å²) in [6, 6.07) is 0. The van der Waals surface area contributed by atoms with Crippen LogP contribution in [-0.2, 0) is 0 Å². The van der Waals surface area contributed by atoms with Crippen molar-refractivity contribution >= 4 is 23.2 Å². The first-order chi connectivity index (χ1) is 8.67. The summed E-state index contributed by atoms with van der Waals surface area (Å²) in [6.45, 7) is 2.87. The molecule has 0 spiro atoms. The third-order valence-corrected chi connectivity index (χ3v) is 2.53. The number of hydrogen-bond donors (Lipinski definition) is 1. The number of aliphatic imine (C=N–C) groups is 1. The van der Waals surface area contributed by atoms with Crippen LogP contribution in [0.3, 0.4) is 0 Å². The molecule has 1 aliphatic rings. The van der Waals surface area contributed by atoms with Crippen molar-refractivity contribution in [3.05, 3.63) is 15.9 Å². The van der Waals surface area contributed by atoms with Crippen LogP contribution in [0.1, 0.15) is 5.82 Å². The molecule has 0 unspecified atom stereocenters. The van der Waals surface area contributed by atoms with Crippen LogP contribution < -0.4 is 15.1 Å². The topological polar surface area (TPSA) is 92.1 Å². The molecule has 0 atom stereocenters. The number of ether oxygens (including phenoxy) is 1. The molecular weight excluding hydrogens is 260 g/mol. The Morgan fingerprint density at radius 1 is 1.50 bits per heavy atom. The number of methoxy groups -OCH3 is 1. The van der Waals surface area contributed by atoms with Crippen LogP contribution in [0.4, 0.5) is 5.69 Å². The maximum Gasteiger partial charge on any atom is 0.245 e. The summed E-state index contributed by atoms with van der Waals surface area (Å²) < 4.78 is 5.09. The summed E-state index contributed by atoms with van der Waals surface area (Å²) >= 11 is 6.01. The Kier molecular flexibility index (Phi) is 3.56. The van der Waals surface area contributed by atoms with Crippen LogP contribution >= 0.6 is 11.6 Å². The SMILES string of the molecule is COc1nc(C)nc(Cl)c1N(N=O)C1=NCCN1. The van der Waals surface area contributed by atoms with E-state index in [1.807, 2.05) is 0 Å². The summed E-state index contributed by atoms with van der Waals surface area (Å²) in [5.74, 6) is 0.911. The lowest BCUT2D eigenvalue weighted by molar-refractivity contribution is 0.396. The Bertz CT molecular complexity index is 506. The van der Waals surface area contributed by atoms with Gasteiger partial charge in [0.25, 0.3) is 0 Å². The summed E-state index contributed by atoms with van der Waals surface area (Å²) in [5.41, 5.74) is 0.174. The Morgan fingerprint density at radius 3 is 2.83 bits per heavy atom. The zero-order valence-electron chi connectivity index (χ0n) is 9.84. The number of halogens is 1. The van der Waals surface area contributed by atoms with Gasteiger partial charge in [-0.1, -0.05) is 11.6 Å². The van der Waals surface area contributed by atoms with E-state index in [0.717, 1.165) is 5.01 Å². The number of nitroso groups, excluding NO2 is 1. The van der Waals surface area contributed by atoms with E-state index in [4.69, 9.17) is 16.3 Å². The molecule has 1 N–H and O–H groups in total. The average Bonchev–Trinajstić information content (AvgIpc) is 2.85. The second-order valence-corrected chi connectivity index (χ2v) is 3.80. The number of rotatable bonds is 3. The van der Waals surface area contributed by atoms with E-state index >= 15 is 0 Å². The molecule has 1 aliphatic heterocycles. The quantitative estimate of drug-likeness (QED) is 0.498. The highest BCUT2D eigenvalue weighted by atomic mass is 35.5. The molecule has 0 aliphatic carbocycles. The van der Waals surface area contributed by atoms with Gasteiger partial charge in [-0.3, -0.25) is 0 Å². The maximum absolute atomic E-state index is 11.0. The van der Waals surface area contributed by atoms with Crippen molar-refractivity contribution < 1.29 is 4.74 Å².